The van der Waals surface area contributed by atoms with Crippen molar-refractivity contribution in [3.8, 4) is 11.5 Å². The molecule has 1 unspecified atom stereocenters. The number of hydrogen-bond acceptors (Lipinski definition) is 3. The highest BCUT2D eigenvalue weighted by Gasteiger charge is 2.27. The lowest BCUT2D eigenvalue weighted by Gasteiger charge is -2.12. The summed E-state index contributed by atoms with van der Waals surface area (Å²) >= 11 is 0. The summed E-state index contributed by atoms with van der Waals surface area (Å²) < 4.78 is 10.4. The minimum atomic E-state index is 0.164. The summed E-state index contributed by atoms with van der Waals surface area (Å²) in [5.41, 5.74) is 1.80. The zero-order valence-corrected chi connectivity index (χ0v) is 10.2. The van der Waals surface area contributed by atoms with E-state index in [2.05, 4.69) is 6.58 Å². The van der Waals surface area contributed by atoms with Crippen LogP contribution in [-0.2, 0) is 4.79 Å². The molecule has 0 spiro atoms. The molecule has 0 amide bonds. The molecule has 1 fully saturated rings. The van der Waals surface area contributed by atoms with Crippen molar-refractivity contribution in [3.05, 3.63) is 35.9 Å². The Kier molecular flexibility index (Phi) is 3.18. The van der Waals surface area contributed by atoms with Gasteiger partial charge in [0.2, 0.25) is 0 Å². The monoisotopic (exact) mass is 232 g/mol. The van der Waals surface area contributed by atoms with Crippen molar-refractivity contribution in [3.63, 3.8) is 0 Å². The van der Waals surface area contributed by atoms with Gasteiger partial charge in [-0.1, -0.05) is 6.58 Å². The molecule has 1 atom stereocenters. The fraction of sp³-hybridized carbons (Fsp3) is 0.357. The molecule has 0 aromatic heterocycles. The maximum atomic E-state index is 11.5. The van der Waals surface area contributed by atoms with E-state index >= 15 is 0 Å². The fourth-order valence-electron chi connectivity index (χ4n) is 2.15. The summed E-state index contributed by atoms with van der Waals surface area (Å²) in [5.74, 6) is 1.88. The van der Waals surface area contributed by atoms with E-state index in [0.29, 0.717) is 6.42 Å². The van der Waals surface area contributed by atoms with Crippen molar-refractivity contribution in [1.29, 1.82) is 0 Å². The van der Waals surface area contributed by atoms with Crippen LogP contribution in [0.4, 0.5) is 0 Å². The second kappa shape index (κ2) is 4.62. The van der Waals surface area contributed by atoms with Crippen molar-refractivity contribution < 1.29 is 14.3 Å². The van der Waals surface area contributed by atoms with Crippen LogP contribution in [0.15, 0.2) is 30.4 Å². The van der Waals surface area contributed by atoms with Gasteiger partial charge >= 0.3 is 0 Å². The van der Waals surface area contributed by atoms with Crippen LogP contribution in [0.2, 0.25) is 0 Å². The summed E-state index contributed by atoms with van der Waals surface area (Å²) in [7, 11) is 3.24. The molecule has 17 heavy (non-hydrogen) atoms. The minimum Gasteiger partial charge on any atom is -0.497 e. The van der Waals surface area contributed by atoms with Gasteiger partial charge in [-0.05, 0) is 35.6 Å². The molecule has 0 saturated heterocycles. The van der Waals surface area contributed by atoms with E-state index in [-0.39, 0.29) is 11.7 Å². The predicted octanol–water partition coefficient (Wildman–Crippen LogP) is 2.71. The third kappa shape index (κ3) is 2.33. The quantitative estimate of drug-likeness (QED) is 0.752. The molecule has 3 nitrogen and oxygen atoms in total. The van der Waals surface area contributed by atoms with E-state index in [1.54, 1.807) is 14.2 Å². The largest absolute Gasteiger partial charge is 0.497 e. The molecule has 0 radical (unpaired) electrons. The Labute approximate surface area is 101 Å². The normalized spacial score (nSPS) is 19.5. The Balaban J connectivity index is 2.32. The van der Waals surface area contributed by atoms with E-state index in [9.17, 15) is 4.79 Å². The summed E-state index contributed by atoms with van der Waals surface area (Å²) in [4.78, 5) is 11.5. The van der Waals surface area contributed by atoms with Crippen LogP contribution in [-0.4, -0.2) is 20.0 Å². The van der Waals surface area contributed by atoms with E-state index < -0.39 is 0 Å². The van der Waals surface area contributed by atoms with Gasteiger partial charge < -0.3 is 9.47 Å². The predicted molar refractivity (Wildman–Crippen MR) is 65.7 cm³/mol. The third-order valence-electron chi connectivity index (χ3n) is 3.16. The molecule has 90 valence electrons. The summed E-state index contributed by atoms with van der Waals surface area (Å²) in [6.07, 6.45) is 1.27. The average molecular weight is 232 g/mol. The molecule has 2 rings (SSSR count). The van der Waals surface area contributed by atoms with Gasteiger partial charge in [0.15, 0.2) is 5.78 Å². The van der Waals surface area contributed by atoms with Crippen LogP contribution in [0, 0.1) is 0 Å². The van der Waals surface area contributed by atoms with Crippen molar-refractivity contribution in [1.82, 2.24) is 0 Å². The average Bonchev–Trinajstić information content (AvgIpc) is 2.69. The highest BCUT2D eigenvalue weighted by molar-refractivity contribution is 5.97. The summed E-state index contributed by atoms with van der Waals surface area (Å²) in [5, 5.41) is 0. The van der Waals surface area contributed by atoms with Crippen LogP contribution in [0.25, 0.3) is 0 Å². The fourth-order valence-corrected chi connectivity index (χ4v) is 2.15. The first-order valence-corrected chi connectivity index (χ1v) is 5.58. The Hall–Kier alpha value is -1.77. The van der Waals surface area contributed by atoms with Gasteiger partial charge in [0.05, 0.1) is 14.2 Å². The molecule has 0 heterocycles. The zero-order chi connectivity index (χ0) is 12.4. The summed E-state index contributed by atoms with van der Waals surface area (Å²) in [6.45, 7) is 3.78. The number of methoxy groups -OCH3 is 2. The minimum absolute atomic E-state index is 0.164. The molecule has 3 heteroatoms. The Morgan fingerprint density at radius 3 is 2.12 bits per heavy atom. The van der Waals surface area contributed by atoms with Crippen LogP contribution in [0.5, 0.6) is 11.5 Å². The molecule has 0 N–H and O–H groups in total. The first-order valence-electron chi connectivity index (χ1n) is 5.58. The van der Waals surface area contributed by atoms with Gasteiger partial charge in [-0.2, -0.15) is 0 Å². The third-order valence-corrected chi connectivity index (χ3v) is 3.16. The SMILES string of the molecule is C=C1CC(c2cc(OC)cc(OC)c2)CC1=O. The maximum Gasteiger partial charge on any atom is 0.158 e. The van der Waals surface area contributed by atoms with Gasteiger partial charge in [0.1, 0.15) is 11.5 Å². The zero-order valence-electron chi connectivity index (χ0n) is 10.2. The first kappa shape index (κ1) is 11.7. The number of carbonyl (C=O) groups excluding carboxylic acids is 1. The van der Waals surface area contributed by atoms with E-state index in [4.69, 9.17) is 9.47 Å². The number of Topliss-reactive ketones (excluding diaryl/α,β-unsaturated/α-hetero) is 1. The van der Waals surface area contributed by atoms with Gasteiger partial charge in [-0.15, -0.1) is 0 Å². The van der Waals surface area contributed by atoms with Gasteiger partial charge in [-0.3, -0.25) is 4.79 Å². The number of hydrogen-bond donors (Lipinski definition) is 0. The number of ketones is 1. The van der Waals surface area contributed by atoms with Crippen LogP contribution < -0.4 is 9.47 Å². The molecule has 1 aromatic rings. The highest BCUT2D eigenvalue weighted by atomic mass is 16.5. The van der Waals surface area contributed by atoms with Crippen molar-refractivity contribution in [2.45, 2.75) is 18.8 Å². The van der Waals surface area contributed by atoms with Crippen LogP contribution in [0.1, 0.15) is 24.3 Å². The number of rotatable bonds is 3. The lowest BCUT2D eigenvalue weighted by Crippen LogP contribution is -1.97. The van der Waals surface area contributed by atoms with Crippen LogP contribution >= 0.6 is 0 Å². The smallest absolute Gasteiger partial charge is 0.158 e. The molecule has 1 saturated carbocycles. The van der Waals surface area contributed by atoms with E-state index in [0.717, 1.165) is 29.1 Å². The van der Waals surface area contributed by atoms with Gasteiger partial charge in [-0.25, -0.2) is 0 Å². The first-order chi connectivity index (χ1) is 8.13. The van der Waals surface area contributed by atoms with Crippen molar-refractivity contribution in [2.75, 3.05) is 14.2 Å². The molecule has 0 bridgehead atoms. The highest BCUT2D eigenvalue weighted by Crippen LogP contribution is 2.37. The lowest BCUT2D eigenvalue weighted by molar-refractivity contribution is -0.114. The van der Waals surface area contributed by atoms with Crippen molar-refractivity contribution in [2.24, 2.45) is 0 Å². The van der Waals surface area contributed by atoms with Crippen molar-refractivity contribution >= 4 is 5.78 Å². The number of allylic oxidation sites excluding steroid dienone is 1. The molecule has 1 aliphatic rings. The Morgan fingerprint density at radius 2 is 1.71 bits per heavy atom. The second-order valence-electron chi connectivity index (χ2n) is 4.28. The standard InChI is InChI=1S/C14H16O3/c1-9-4-10(7-14(9)15)11-5-12(16-2)8-13(6-11)17-3/h5-6,8,10H,1,4,7H2,2-3H3. The molecule has 0 aliphatic heterocycles. The summed E-state index contributed by atoms with van der Waals surface area (Å²) in [6, 6.07) is 5.74. The lowest BCUT2D eigenvalue weighted by atomic mass is 9.97. The van der Waals surface area contributed by atoms with Gasteiger partial charge in [0, 0.05) is 12.5 Å². The topological polar surface area (TPSA) is 35.5 Å². The van der Waals surface area contributed by atoms with E-state index in [1.165, 1.54) is 0 Å². The number of carbonyl (C=O) groups is 1. The number of benzene rings is 1. The number of ether oxygens (including phenoxy) is 2. The molecule has 1 aromatic carbocycles. The Bertz CT molecular complexity index is 424. The van der Waals surface area contributed by atoms with Crippen LogP contribution in [0.3, 0.4) is 0 Å². The van der Waals surface area contributed by atoms with E-state index in [1.807, 2.05) is 18.2 Å². The molecule has 1 aliphatic carbocycles. The molecular formula is C14H16O3. The molecular weight excluding hydrogens is 216 g/mol. The van der Waals surface area contributed by atoms with Gasteiger partial charge in [0.25, 0.3) is 0 Å². The maximum absolute atomic E-state index is 11.5. The Morgan fingerprint density at radius 1 is 1.12 bits per heavy atom. The second-order valence-corrected chi connectivity index (χ2v) is 4.28.